The predicted octanol–water partition coefficient (Wildman–Crippen LogP) is 1.70. The van der Waals surface area contributed by atoms with Crippen molar-refractivity contribution in [2.75, 3.05) is 0 Å². The molecule has 6 heteroatoms. The minimum absolute atomic E-state index is 0.233. The SMILES string of the molecule is O=C(O)c1c[nH]c2ccccc2c1=O.c1cnccn1. The maximum absolute atomic E-state index is 11.6. The molecule has 3 rings (SSSR count). The fraction of sp³-hybridized carbons (Fsp3) is 0. The van der Waals surface area contributed by atoms with Crippen molar-refractivity contribution >= 4 is 16.9 Å². The van der Waals surface area contributed by atoms with Crippen LogP contribution in [-0.4, -0.2) is 26.0 Å². The average molecular weight is 269 g/mol. The number of hydrogen-bond acceptors (Lipinski definition) is 4. The molecule has 0 fully saturated rings. The van der Waals surface area contributed by atoms with Crippen LogP contribution in [0.5, 0.6) is 0 Å². The Balaban J connectivity index is 0.000000205. The van der Waals surface area contributed by atoms with Crippen LogP contribution >= 0.6 is 0 Å². The molecular formula is C14H11N3O3. The first-order chi connectivity index (χ1) is 9.70. The highest BCUT2D eigenvalue weighted by Gasteiger charge is 2.10. The molecule has 0 spiro atoms. The minimum Gasteiger partial charge on any atom is -0.477 e. The summed E-state index contributed by atoms with van der Waals surface area (Å²) in [5.41, 5.74) is -0.0435. The molecular weight excluding hydrogens is 258 g/mol. The molecule has 0 saturated heterocycles. The average Bonchev–Trinajstić information content (AvgIpc) is 2.50. The van der Waals surface area contributed by atoms with Crippen molar-refractivity contribution < 1.29 is 9.90 Å². The molecule has 2 aromatic heterocycles. The Morgan fingerprint density at radius 3 is 2.20 bits per heavy atom. The van der Waals surface area contributed by atoms with E-state index in [4.69, 9.17) is 5.11 Å². The van der Waals surface area contributed by atoms with E-state index >= 15 is 0 Å². The second-order valence-electron chi connectivity index (χ2n) is 3.78. The lowest BCUT2D eigenvalue weighted by atomic mass is 10.1. The van der Waals surface area contributed by atoms with Gasteiger partial charge in [0.1, 0.15) is 5.56 Å². The molecule has 0 aliphatic rings. The van der Waals surface area contributed by atoms with Gasteiger partial charge in [-0.25, -0.2) is 4.79 Å². The van der Waals surface area contributed by atoms with Gasteiger partial charge in [0.15, 0.2) is 0 Å². The van der Waals surface area contributed by atoms with E-state index in [0.29, 0.717) is 10.9 Å². The quantitative estimate of drug-likeness (QED) is 0.701. The smallest absolute Gasteiger partial charge is 0.341 e. The zero-order valence-corrected chi connectivity index (χ0v) is 10.4. The van der Waals surface area contributed by atoms with Gasteiger partial charge in [0, 0.05) is 41.9 Å². The van der Waals surface area contributed by atoms with Crippen LogP contribution in [0.2, 0.25) is 0 Å². The number of aromatic carboxylic acids is 1. The summed E-state index contributed by atoms with van der Waals surface area (Å²) in [5, 5.41) is 9.10. The van der Waals surface area contributed by atoms with Gasteiger partial charge in [-0.05, 0) is 12.1 Å². The van der Waals surface area contributed by atoms with Crippen LogP contribution < -0.4 is 5.43 Å². The Bertz CT molecular complexity index is 743. The van der Waals surface area contributed by atoms with Gasteiger partial charge < -0.3 is 10.1 Å². The summed E-state index contributed by atoms with van der Waals surface area (Å²) in [6, 6.07) is 6.80. The topological polar surface area (TPSA) is 95.9 Å². The van der Waals surface area contributed by atoms with E-state index in [1.54, 1.807) is 49.1 Å². The zero-order chi connectivity index (χ0) is 14.4. The van der Waals surface area contributed by atoms with E-state index in [9.17, 15) is 9.59 Å². The number of carboxylic acid groups (broad SMARTS) is 1. The van der Waals surface area contributed by atoms with Crippen molar-refractivity contribution in [3.8, 4) is 0 Å². The van der Waals surface area contributed by atoms with Gasteiger partial charge in [0.05, 0.1) is 0 Å². The number of rotatable bonds is 1. The molecule has 0 unspecified atom stereocenters. The van der Waals surface area contributed by atoms with Gasteiger partial charge in [-0.3, -0.25) is 14.8 Å². The number of nitrogens with one attached hydrogen (secondary N) is 1. The van der Waals surface area contributed by atoms with Crippen LogP contribution in [0.3, 0.4) is 0 Å². The van der Waals surface area contributed by atoms with Crippen molar-refractivity contribution in [3.63, 3.8) is 0 Å². The standard InChI is InChI=1S/C10H7NO3.C4H4N2/c12-9-6-3-1-2-4-8(6)11-5-7(9)10(13)14;1-2-6-4-3-5-1/h1-5H,(H,11,12)(H,13,14);1-4H. The van der Waals surface area contributed by atoms with E-state index in [2.05, 4.69) is 15.0 Å². The molecule has 20 heavy (non-hydrogen) atoms. The van der Waals surface area contributed by atoms with Gasteiger partial charge in [-0.15, -0.1) is 0 Å². The van der Waals surface area contributed by atoms with Gasteiger partial charge in [0.25, 0.3) is 0 Å². The Morgan fingerprint density at radius 1 is 1.05 bits per heavy atom. The van der Waals surface area contributed by atoms with E-state index in [1.165, 1.54) is 6.20 Å². The summed E-state index contributed by atoms with van der Waals surface area (Å²) in [4.78, 5) is 32.4. The number of hydrogen-bond donors (Lipinski definition) is 2. The molecule has 0 bridgehead atoms. The third kappa shape index (κ3) is 3.05. The number of carboxylic acids is 1. The fourth-order valence-corrected chi connectivity index (χ4v) is 1.58. The summed E-state index contributed by atoms with van der Waals surface area (Å²) >= 11 is 0. The molecule has 0 radical (unpaired) electrons. The van der Waals surface area contributed by atoms with Gasteiger partial charge in [-0.2, -0.15) is 0 Å². The number of aromatic nitrogens is 3. The highest BCUT2D eigenvalue weighted by atomic mass is 16.4. The molecule has 2 heterocycles. The number of benzene rings is 1. The van der Waals surface area contributed by atoms with E-state index in [0.717, 1.165) is 0 Å². The number of H-pyrrole nitrogens is 1. The van der Waals surface area contributed by atoms with Crippen LogP contribution in [0, 0.1) is 0 Å². The molecule has 3 aromatic rings. The largest absolute Gasteiger partial charge is 0.477 e. The lowest BCUT2D eigenvalue weighted by molar-refractivity contribution is 0.0695. The molecule has 100 valence electrons. The zero-order valence-electron chi connectivity index (χ0n) is 10.4. The second-order valence-corrected chi connectivity index (χ2v) is 3.78. The number of nitrogens with zero attached hydrogens (tertiary/aromatic N) is 2. The molecule has 0 amide bonds. The highest BCUT2D eigenvalue weighted by molar-refractivity contribution is 5.92. The number of para-hydroxylation sites is 1. The van der Waals surface area contributed by atoms with Gasteiger partial charge >= 0.3 is 5.97 Å². The summed E-state index contributed by atoms with van der Waals surface area (Å²) in [6.45, 7) is 0. The third-order valence-electron chi connectivity index (χ3n) is 2.50. The molecule has 1 aromatic carbocycles. The normalized spacial score (nSPS) is 9.60. The summed E-state index contributed by atoms with van der Waals surface area (Å²) in [6.07, 6.45) is 7.77. The van der Waals surface area contributed by atoms with E-state index in [1.807, 2.05) is 0 Å². The van der Waals surface area contributed by atoms with Crippen LogP contribution in [0.15, 0.2) is 60.0 Å². The van der Waals surface area contributed by atoms with E-state index in [-0.39, 0.29) is 5.56 Å². The molecule has 0 aliphatic carbocycles. The number of pyridine rings is 1. The summed E-state index contributed by atoms with van der Waals surface area (Å²) in [5.74, 6) is -1.21. The maximum atomic E-state index is 11.6. The lowest BCUT2D eigenvalue weighted by Crippen LogP contribution is -2.14. The predicted molar refractivity (Wildman–Crippen MR) is 73.6 cm³/mol. The Hall–Kier alpha value is -3.02. The minimum atomic E-state index is -1.21. The van der Waals surface area contributed by atoms with Crippen molar-refractivity contribution in [1.82, 2.24) is 15.0 Å². The number of fused-ring (bicyclic) bond motifs is 1. The first kappa shape index (κ1) is 13.4. The second kappa shape index (κ2) is 6.24. The van der Waals surface area contributed by atoms with Gasteiger partial charge in [-0.1, -0.05) is 12.1 Å². The van der Waals surface area contributed by atoms with Crippen LogP contribution in [0.1, 0.15) is 10.4 Å². The highest BCUT2D eigenvalue weighted by Crippen LogP contribution is 2.06. The first-order valence-corrected chi connectivity index (χ1v) is 5.74. The molecule has 6 nitrogen and oxygen atoms in total. The third-order valence-corrected chi connectivity index (χ3v) is 2.50. The monoisotopic (exact) mass is 269 g/mol. The maximum Gasteiger partial charge on any atom is 0.341 e. The van der Waals surface area contributed by atoms with Crippen molar-refractivity contribution in [1.29, 1.82) is 0 Å². The first-order valence-electron chi connectivity index (χ1n) is 5.74. The molecule has 0 atom stereocenters. The Morgan fingerprint density at radius 2 is 1.65 bits per heavy atom. The fourth-order valence-electron chi connectivity index (χ4n) is 1.58. The van der Waals surface area contributed by atoms with Gasteiger partial charge in [0.2, 0.25) is 5.43 Å². The van der Waals surface area contributed by atoms with Crippen LogP contribution in [0.25, 0.3) is 10.9 Å². The molecule has 2 N–H and O–H groups in total. The Kier molecular flexibility index (Phi) is 4.18. The van der Waals surface area contributed by atoms with Crippen molar-refractivity contribution in [2.45, 2.75) is 0 Å². The van der Waals surface area contributed by atoms with Crippen molar-refractivity contribution in [3.05, 3.63) is 71.0 Å². The summed E-state index contributed by atoms with van der Waals surface area (Å²) < 4.78 is 0. The lowest BCUT2D eigenvalue weighted by Gasteiger charge is -1.98. The summed E-state index contributed by atoms with van der Waals surface area (Å²) in [7, 11) is 0. The number of aromatic amines is 1. The van der Waals surface area contributed by atoms with Crippen LogP contribution in [-0.2, 0) is 0 Å². The number of carbonyl (C=O) groups is 1. The molecule has 0 aliphatic heterocycles. The van der Waals surface area contributed by atoms with E-state index < -0.39 is 11.4 Å². The van der Waals surface area contributed by atoms with Crippen LogP contribution in [0.4, 0.5) is 0 Å². The molecule has 0 saturated carbocycles. The van der Waals surface area contributed by atoms with Crippen molar-refractivity contribution in [2.24, 2.45) is 0 Å². The Labute approximate surface area is 113 Å².